The maximum atomic E-state index is 12.0. The van der Waals surface area contributed by atoms with Crippen LogP contribution in [0.15, 0.2) is 0 Å². The molecule has 20 heavy (non-hydrogen) atoms. The van der Waals surface area contributed by atoms with Crippen molar-refractivity contribution in [2.75, 3.05) is 13.1 Å². The molecule has 2 saturated heterocycles. The number of aliphatic hydroxyl groups is 1. The van der Waals surface area contributed by atoms with E-state index in [1.807, 2.05) is 0 Å². The van der Waals surface area contributed by atoms with Gasteiger partial charge >= 0.3 is 0 Å². The summed E-state index contributed by atoms with van der Waals surface area (Å²) >= 11 is 0. The third-order valence-corrected chi connectivity index (χ3v) is 3.78. The first-order valence-corrected chi connectivity index (χ1v) is 6.68. The number of nitrogens with one attached hydrogen (secondary N) is 2. The van der Waals surface area contributed by atoms with Crippen LogP contribution in [0, 0.1) is 0 Å². The molecule has 2 aliphatic rings. The number of likely N-dealkylation sites (tertiary alicyclic amines) is 1. The maximum absolute atomic E-state index is 12.0. The Morgan fingerprint density at radius 1 is 1.60 bits per heavy atom. The highest BCUT2D eigenvalue weighted by atomic mass is 16.3. The lowest BCUT2D eigenvalue weighted by atomic mass is 9.86. The second kappa shape index (κ2) is 5.37. The predicted molar refractivity (Wildman–Crippen MR) is 69.1 cm³/mol. The lowest BCUT2D eigenvalue weighted by Gasteiger charge is -2.48. The van der Waals surface area contributed by atoms with Crippen molar-refractivity contribution in [2.45, 2.75) is 44.0 Å². The first-order valence-electron chi connectivity index (χ1n) is 6.68. The number of nitrogens with zero attached hydrogens (tertiary/aromatic N) is 1. The minimum absolute atomic E-state index is 0.0160. The summed E-state index contributed by atoms with van der Waals surface area (Å²) in [6.07, 6.45) is 0.107. The summed E-state index contributed by atoms with van der Waals surface area (Å²) in [4.78, 5) is 35.7. The zero-order valence-electron chi connectivity index (χ0n) is 11.4. The molecule has 0 aromatic carbocycles. The Hall–Kier alpha value is -1.67. The van der Waals surface area contributed by atoms with Crippen LogP contribution in [0.2, 0.25) is 0 Å². The van der Waals surface area contributed by atoms with E-state index in [1.54, 1.807) is 6.92 Å². The van der Waals surface area contributed by atoms with Gasteiger partial charge in [0.05, 0.1) is 6.54 Å². The van der Waals surface area contributed by atoms with Gasteiger partial charge in [-0.3, -0.25) is 14.4 Å². The molecule has 1 spiro atoms. The van der Waals surface area contributed by atoms with Crippen molar-refractivity contribution >= 4 is 17.7 Å². The van der Waals surface area contributed by atoms with Crippen LogP contribution >= 0.6 is 0 Å². The molecule has 5 N–H and O–H groups in total. The molecule has 0 aliphatic carbocycles. The van der Waals surface area contributed by atoms with Crippen LogP contribution in [0.4, 0.5) is 0 Å². The monoisotopic (exact) mass is 284 g/mol. The van der Waals surface area contributed by atoms with Gasteiger partial charge in [0.15, 0.2) is 0 Å². The number of amides is 3. The van der Waals surface area contributed by atoms with Crippen molar-refractivity contribution in [1.82, 2.24) is 15.5 Å². The number of hydrogen-bond donors (Lipinski definition) is 4. The van der Waals surface area contributed by atoms with Crippen LogP contribution in [0.5, 0.6) is 0 Å². The van der Waals surface area contributed by atoms with Crippen LogP contribution in [0.3, 0.4) is 0 Å². The van der Waals surface area contributed by atoms with E-state index >= 15 is 0 Å². The highest BCUT2D eigenvalue weighted by Gasteiger charge is 2.56. The Morgan fingerprint density at radius 3 is 2.80 bits per heavy atom. The van der Waals surface area contributed by atoms with Crippen LogP contribution in [0.25, 0.3) is 0 Å². The van der Waals surface area contributed by atoms with E-state index < -0.39 is 29.6 Å². The summed E-state index contributed by atoms with van der Waals surface area (Å²) in [6.45, 7) is 2.70. The molecule has 3 amide bonds. The van der Waals surface area contributed by atoms with Gasteiger partial charge in [-0.25, -0.2) is 0 Å². The average molecular weight is 284 g/mol. The number of carbonyl (C=O) groups excluding carboxylic acids is 3. The van der Waals surface area contributed by atoms with Crippen molar-refractivity contribution in [3.05, 3.63) is 0 Å². The van der Waals surface area contributed by atoms with Gasteiger partial charge in [0, 0.05) is 12.5 Å². The van der Waals surface area contributed by atoms with Gasteiger partial charge in [-0.05, 0) is 26.3 Å². The lowest BCUT2D eigenvalue weighted by molar-refractivity contribution is -0.174. The summed E-state index contributed by atoms with van der Waals surface area (Å²) in [6, 6.07) is -0.482. The van der Waals surface area contributed by atoms with E-state index in [2.05, 4.69) is 10.6 Å². The summed E-state index contributed by atoms with van der Waals surface area (Å²) in [5.41, 5.74) is 4.43. The quantitative estimate of drug-likeness (QED) is 0.421. The minimum Gasteiger partial charge on any atom is -0.370 e. The topological polar surface area (TPSA) is 125 Å². The number of aliphatic hydroxyl groups excluding tert-OH is 1. The molecular weight excluding hydrogens is 264 g/mol. The van der Waals surface area contributed by atoms with Crippen molar-refractivity contribution in [3.8, 4) is 0 Å². The Morgan fingerprint density at radius 2 is 2.30 bits per heavy atom. The van der Waals surface area contributed by atoms with Gasteiger partial charge in [0.25, 0.3) is 5.91 Å². The number of carbonyl (C=O) groups is 3. The molecule has 0 saturated carbocycles. The third-order valence-electron chi connectivity index (χ3n) is 3.78. The molecule has 0 aromatic heterocycles. The fourth-order valence-corrected chi connectivity index (χ4v) is 2.75. The van der Waals surface area contributed by atoms with E-state index in [1.165, 1.54) is 0 Å². The van der Waals surface area contributed by atoms with Crippen LogP contribution in [-0.4, -0.2) is 58.6 Å². The molecule has 8 nitrogen and oxygen atoms in total. The Kier molecular flexibility index (Phi) is 3.96. The molecule has 112 valence electrons. The van der Waals surface area contributed by atoms with E-state index in [0.717, 1.165) is 24.3 Å². The normalized spacial score (nSPS) is 28.1. The molecule has 2 aliphatic heterocycles. The van der Waals surface area contributed by atoms with Gasteiger partial charge in [-0.2, -0.15) is 0 Å². The van der Waals surface area contributed by atoms with Crippen LogP contribution in [0.1, 0.15) is 26.2 Å². The standard InChI is InChI=1S/C12H20N4O4/c1-7(5-8(13)17)15-9(18)10(19)16-6-12(11(16)20)3-2-4-14-12/h7,10,14,19H,2-6H2,1H3,(H2,13,17)(H,15,18). The predicted octanol–water partition coefficient (Wildman–Crippen LogP) is -2.35. The van der Waals surface area contributed by atoms with E-state index in [9.17, 15) is 19.5 Å². The third kappa shape index (κ3) is 2.61. The van der Waals surface area contributed by atoms with E-state index in [-0.39, 0.29) is 12.3 Å². The fourth-order valence-electron chi connectivity index (χ4n) is 2.75. The zero-order valence-corrected chi connectivity index (χ0v) is 11.4. The summed E-state index contributed by atoms with van der Waals surface area (Å²) in [7, 11) is 0. The fraction of sp³-hybridized carbons (Fsp3) is 0.750. The highest BCUT2D eigenvalue weighted by Crippen LogP contribution is 2.32. The van der Waals surface area contributed by atoms with Gasteiger partial charge < -0.3 is 26.4 Å². The molecule has 3 unspecified atom stereocenters. The van der Waals surface area contributed by atoms with Gasteiger partial charge in [-0.15, -0.1) is 0 Å². The first-order chi connectivity index (χ1) is 9.35. The molecule has 2 heterocycles. The molecule has 8 heteroatoms. The number of primary amides is 1. The van der Waals surface area contributed by atoms with Crippen LogP contribution in [-0.2, 0) is 14.4 Å². The smallest absolute Gasteiger partial charge is 0.270 e. The van der Waals surface area contributed by atoms with Crippen molar-refractivity contribution in [2.24, 2.45) is 5.73 Å². The minimum atomic E-state index is -1.52. The van der Waals surface area contributed by atoms with Gasteiger partial charge in [-0.1, -0.05) is 0 Å². The average Bonchev–Trinajstić information content (AvgIpc) is 2.85. The zero-order chi connectivity index (χ0) is 14.9. The maximum Gasteiger partial charge on any atom is 0.270 e. The largest absolute Gasteiger partial charge is 0.370 e. The molecule has 2 rings (SSSR count). The van der Waals surface area contributed by atoms with Crippen molar-refractivity contribution in [1.29, 1.82) is 0 Å². The lowest BCUT2D eigenvalue weighted by Crippen LogP contribution is -2.74. The Labute approximate surface area is 116 Å². The second-order valence-electron chi connectivity index (χ2n) is 5.50. The van der Waals surface area contributed by atoms with Gasteiger partial charge in [0.2, 0.25) is 18.0 Å². The highest BCUT2D eigenvalue weighted by molar-refractivity contribution is 5.97. The number of rotatable bonds is 5. The van der Waals surface area contributed by atoms with Gasteiger partial charge in [0.1, 0.15) is 5.54 Å². The van der Waals surface area contributed by atoms with E-state index in [0.29, 0.717) is 6.54 Å². The molecule has 0 radical (unpaired) electrons. The van der Waals surface area contributed by atoms with E-state index in [4.69, 9.17) is 5.73 Å². The molecule has 0 aromatic rings. The first kappa shape index (κ1) is 14.7. The van der Waals surface area contributed by atoms with Crippen LogP contribution < -0.4 is 16.4 Å². The number of hydrogen-bond acceptors (Lipinski definition) is 5. The summed E-state index contributed by atoms with van der Waals surface area (Å²) < 4.78 is 0. The number of β-lactam (4-membered cyclic amide) rings is 1. The molecule has 2 fully saturated rings. The second-order valence-corrected chi connectivity index (χ2v) is 5.50. The summed E-state index contributed by atoms with van der Waals surface area (Å²) in [5, 5.41) is 15.5. The Bertz CT molecular complexity index is 433. The Balaban J connectivity index is 1.86. The van der Waals surface area contributed by atoms with Crippen molar-refractivity contribution in [3.63, 3.8) is 0 Å². The molecule has 3 atom stereocenters. The molecular formula is C12H20N4O4. The summed E-state index contributed by atoms with van der Waals surface area (Å²) in [5.74, 6) is -1.48. The molecule has 0 bridgehead atoms. The van der Waals surface area contributed by atoms with Crippen molar-refractivity contribution < 1.29 is 19.5 Å². The number of nitrogens with two attached hydrogens (primary N) is 1. The SMILES string of the molecule is CC(CC(N)=O)NC(=O)C(O)N1CC2(CCCN2)C1=O.